The van der Waals surface area contributed by atoms with Gasteiger partial charge in [0.1, 0.15) is 5.82 Å². The molecule has 0 saturated heterocycles. The molecule has 0 bridgehead atoms. The molecule has 0 N–H and O–H groups in total. The van der Waals surface area contributed by atoms with Crippen molar-refractivity contribution in [2.24, 2.45) is 0 Å². The van der Waals surface area contributed by atoms with Gasteiger partial charge in [0.2, 0.25) is 0 Å². The van der Waals surface area contributed by atoms with Gasteiger partial charge in [-0.2, -0.15) is 13.2 Å². The first-order valence-corrected chi connectivity index (χ1v) is 13.2. The molecule has 0 heterocycles. The summed E-state index contributed by atoms with van der Waals surface area (Å²) in [5, 5.41) is 0. The Morgan fingerprint density at radius 1 is 0.658 bits per heavy atom. The molecule has 0 amide bonds. The van der Waals surface area contributed by atoms with E-state index in [0.29, 0.717) is 37.7 Å². The van der Waals surface area contributed by atoms with E-state index in [1.807, 2.05) is 24.3 Å². The molecule has 4 heteroatoms. The second kappa shape index (κ2) is 14.5. The summed E-state index contributed by atoms with van der Waals surface area (Å²) in [7, 11) is 0. The molecule has 38 heavy (non-hydrogen) atoms. The summed E-state index contributed by atoms with van der Waals surface area (Å²) in [4.78, 5) is 0. The van der Waals surface area contributed by atoms with Crippen molar-refractivity contribution in [3.8, 4) is 0 Å². The molecule has 0 aliphatic carbocycles. The number of benzene rings is 3. The van der Waals surface area contributed by atoms with Gasteiger partial charge < -0.3 is 0 Å². The van der Waals surface area contributed by atoms with Crippen LogP contribution in [0.3, 0.4) is 0 Å². The second-order valence-electron chi connectivity index (χ2n) is 9.60. The third-order valence-corrected chi connectivity index (χ3v) is 6.69. The molecule has 1 atom stereocenters. The average molecular weight is 520 g/mol. The molecular formula is C34H35F4. The summed E-state index contributed by atoms with van der Waals surface area (Å²) in [6, 6.07) is 22.5. The fourth-order valence-corrected chi connectivity index (χ4v) is 4.64. The first-order valence-electron chi connectivity index (χ1n) is 13.2. The summed E-state index contributed by atoms with van der Waals surface area (Å²) < 4.78 is 53.3. The summed E-state index contributed by atoms with van der Waals surface area (Å²) >= 11 is 0. The maximum absolute atomic E-state index is 14.2. The van der Waals surface area contributed by atoms with E-state index in [4.69, 9.17) is 6.58 Å². The van der Waals surface area contributed by atoms with Gasteiger partial charge in [0.15, 0.2) is 0 Å². The van der Waals surface area contributed by atoms with E-state index in [1.165, 1.54) is 23.8 Å². The van der Waals surface area contributed by atoms with Crippen molar-refractivity contribution >= 4 is 0 Å². The Morgan fingerprint density at radius 3 is 1.89 bits per heavy atom. The molecule has 199 valence electrons. The molecular weight excluding hydrogens is 484 g/mol. The standard InChI is InChI=1S/C34H35F4/c1-2-3-23-33(30-20-14-22-32(35)27-30,24-11-5-9-17-28-15-7-4-8-16-28)25-12-6-10-18-29-19-13-21-31(26-29)34(36,37)38/h1-2,4,7-8,11-16,19-22,24-27H,3,5-6,9-10,17-18,23H2. The van der Waals surface area contributed by atoms with Crippen LogP contribution < -0.4 is 0 Å². The Bertz CT molecular complexity index is 1190. The predicted molar refractivity (Wildman–Crippen MR) is 148 cm³/mol. The van der Waals surface area contributed by atoms with Crippen LogP contribution in [-0.2, 0) is 24.4 Å². The van der Waals surface area contributed by atoms with Crippen LogP contribution in [-0.4, -0.2) is 0 Å². The quantitative estimate of drug-likeness (QED) is 0.113. The van der Waals surface area contributed by atoms with Gasteiger partial charge in [-0.1, -0.05) is 97.6 Å². The van der Waals surface area contributed by atoms with Gasteiger partial charge in [-0.15, -0.1) is 0 Å². The number of alkyl halides is 3. The third-order valence-electron chi connectivity index (χ3n) is 6.69. The van der Waals surface area contributed by atoms with Crippen molar-refractivity contribution in [1.29, 1.82) is 0 Å². The number of rotatable bonds is 14. The van der Waals surface area contributed by atoms with Crippen LogP contribution in [0.4, 0.5) is 17.6 Å². The normalized spacial score (nSPS) is 13.7. The Balaban J connectivity index is 1.71. The fraction of sp³-hybridized carbons (Fsp3) is 0.294. The first kappa shape index (κ1) is 29.2. The van der Waals surface area contributed by atoms with Crippen LogP contribution in [0.15, 0.2) is 109 Å². The minimum atomic E-state index is -4.34. The van der Waals surface area contributed by atoms with E-state index in [0.717, 1.165) is 30.9 Å². The molecule has 3 aromatic carbocycles. The SMILES string of the molecule is [CH]=CCCC(C=CCCCc1ccccc1)(C=CCCCc1cccc(C(F)(F)F)c1)c1cccc(F)c1. The van der Waals surface area contributed by atoms with Gasteiger partial charge in [0, 0.05) is 5.41 Å². The second-order valence-corrected chi connectivity index (χ2v) is 9.60. The monoisotopic (exact) mass is 519 g/mol. The maximum atomic E-state index is 14.2. The van der Waals surface area contributed by atoms with Crippen molar-refractivity contribution < 1.29 is 17.6 Å². The lowest BCUT2D eigenvalue weighted by Gasteiger charge is -2.28. The van der Waals surface area contributed by atoms with Crippen LogP contribution in [0.1, 0.15) is 60.8 Å². The number of unbranched alkanes of at least 4 members (excludes halogenated alkanes) is 2. The highest BCUT2D eigenvalue weighted by molar-refractivity contribution is 5.37. The van der Waals surface area contributed by atoms with Crippen molar-refractivity contribution in [1.82, 2.24) is 0 Å². The van der Waals surface area contributed by atoms with Crippen LogP contribution in [0.2, 0.25) is 0 Å². The number of hydrogen-bond acceptors (Lipinski definition) is 0. The summed E-state index contributed by atoms with van der Waals surface area (Å²) in [6.45, 7) is 5.74. The van der Waals surface area contributed by atoms with Gasteiger partial charge in [-0.05, 0) is 86.3 Å². The van der Waals surface area contributed by atoms with E-state index in [2.05, 4.69) is 36.4 Å². The van der Waals surface area contributed by atoms with Gasteiger partial charge in [-0.3, -0.25) is 0 Å². The van der Waals surface area contributed by atoms with E-state index >= 15 is 0 Å². The highest BCUT2D eigenvalue weighted by atomic mass is 19.4. The van der Waals surface area contributed by atoms with Gasteiger partial charge in [-0.25, -0.2) is 4.39 Å². The van der Waals surface area contributed by atoms with Crippen LogP contribution in [0, 0.1) is 12.4 Å². The minimum Gasteiger partial charge on any atom is -0.207 e. The van der Waals surface area contributed by atoms with Crippen LogP contribution in [0.25, 0.3) is 0 Å². The van der Waals surface area contributed by atoms with Crippen LogP contribution in [0.5, 0.6) is 0 Å². The third kappa shape index (κ3) is 9.16. The molecule has 0 spiro atoms. The van der Waals surface area contributed by atoms with Gasteiger partial charge in [0.05, 0.1) is 5.56 Å². The zero-order valence-electron chi connectivity index (χ0n) is 21.6. The zero-order valence-corrected chi connectivity index (χ0v) is 21.6. The minimum absolute atomic E-state index is 0.293. The smallest absolute Gasteiger partial charge is 0.207 e. The molecule has 0 aromatic heterocycles. The lowest BCUT2D eigenvalue weighted by Crippen LogP contribution is -2.21. The molecule has 3 rings (SSSR count). The van der Waals surface area contributed by atoms with Gasteiger partial charge >= 0.3 is 6.18 Å². The van der Waals surface area contributed by atoms with E-state index < -0.39 is 17.2 Å². The molecule has 0 aliphatic heterocycles. The molecule has 1 unspecified atom stereocenters. The molecule has 3 aromatic rings. The lowest BCUT2D eigenvalue weighted by atomic mass is 9.75. The molecule has 1 radical (unpaired) electrons. The number of hydrogen-bond donors (Lipinski definition) is 0. The first-order chi connectivity index (χ1) is 18.3. The number of halogens is 4. The molecule has 0 fully saturated rings. The average Bonchev–Trinajstić information content (AvgIpc) is 2.91. The van der Waals surface area contributed by atoms with Crippen molar-refractivity contribution in [3.05, 3.63) is 144 Å². The van der Waals surface area contributed by atoms with E-state index in [-0.39, 0.29) is 5.82 Å². The zero-order chi connectivity index (χ0) is 27.3. The lowest BCUT2D eigenvalue weighted by molar-refractivity contribution is -0.137. The maximum Gasteiger partial charge on any atom is 0.416 e. The Hall–Kier alpha value is -3.40. The predicted octanol–water partition coefficient (Wildman–Crippen LogP) is 10.0. The van der Waals surface area contributed by atoms with E-state index in [9.17, 15) is 17.6 Å². The Morgan fingerprint density at radius 2 is 1.26 bits per heavy atom. The number of aryl methyl sites for hydroxylation is 2. The summed E-state index contributed by atoms with van der Waals surface area (Å²) in [5.41, 5.74) is 1.68. The molecule has 0 nitrogen and oxygen atoms in total. The summed E-state index contributed by atoms with van der Waals surface area (Å²) in [6.07, 6.45) is 11.9. The summed E-state index contributed by atoms with van der Waals surface area (Å²) in [5.74, 6) is -0.293. The van der Waals surface area contributed by atoms with Gasteiger partial charge in [0.25, 0.3) is 0 Å². The van der Waals surface area contributed by atoms with Crippen molar-refractivity contribution in [2.45, 2.75) is 63.0 Å². The molecule has 0 aliphatic rings. The topological polar surface area (TPSA) is 0 Å². The number of allylic oxidation sites excluding steroid dienone is 5. The van der Waals surface area contributed by atoms with Crippen molar-refractivity contribution in [2.75, 3.05) is 0 Å². The highest BCUT2D eigenvalue weighted by Crippen LogP contribution is 2.35. The highest BCUT2D eigenvalue weighted by Gasteiger charge is 2.30. The van der Waals surface area contributed by atoms with Crippen molar-refractivity contribution in [3.63, 3.8) is 0 Å². The fourth-order valence-electron chi connectivity index (χ4n) is 4.64. The molecule has 0 saturated carbocycles. The Kier molecular flexibility index (Phi) is 11.1. The van der Waals surface area contributed by atoms with Crippen LogP contribution >= 0.6 is 0 Å². The Labute approximate surface area is 224 Å². The van der Waals surface area contributed by atoms with E-state index in [1.54, 1.807) is 24.3 Å². The largest absolute Gasteiger partial charge is 0.416 e.